The van der Waals surface area contributed by atoms with E-state index in [1.54, 1.807) is 25.7 Å². The molecule has 3 amide bonds. The maximum atomic E-state index is 14.1. The fourth-order valence-corrected chi connectivity index (χ4v) is 6.29. The topological polar surface area (TPSA) is 94.6 Å². The fraction of sp³-hybridized carbons (Fsp3) is 0.700. The molecule has 1 aromatic carbocycles. The van der Waals surface area contributed by atoms with Crippen LogP contribution < -0.4 is 0 Å². The van der Waals surface area contributed by atoms with Crippen molar-refractivity contribution in [1.82, 2.24) is 9.80 Å². The third-order valence-electron chi connectivity index (χ3n) is 8.12. The number of nitrogens with zero attached hydrogens (tertiary/aromatic N) is 2. The second-order valence-corrected chi connectivity index (χ2v) is 18.7. The molecular formula is C30H48N2O7Si. The molecule has 0 aliphatic carbocycles. The van der Waals surface area contributed by atoms with Crippen molar-refractivity contribution in [3.05, 3.63) is 35.9 Å². The Balaban J connectivity index is 1.99. The van der Waals surface area contributed by atoms with Gasteiger partial charge in [0.05, 0.1) is 30.7 Å². The summed E-state index contributed by atoms with van der Waals surface area (Å²) in [5, 5.41) is -0.165. The summed E-state index contributed by atoms with van der Waals surface area (Å²) in [6.07, 6.45) is -1.45. The molecule has 0 N–H and O–H groups in total. The van der Waals surface area contributed by atoms with Crippen molar-refractivity contribution in [3.63, 3.8) is 0 Å². The Morgan fingerprint density at radius 1 is 1.07 bits per heavy atom. The van der Waals surface area contributed by atoms with Gasteiger partial charge in [0.2, 0.25) is 5.91 Å². The Kier molecular flexibility index (Phi) is 9.18. The Bertz CT molecular complexity index is 1080. The van der Waals surface area contributed by atoms with Crippen molar-refractivity contribution in [2.24, 2.45) is 5.92 Å². The predicted molar refractivity (Wildman–Crippen MR) is 155 cm³/mol. The quantitative estimate of drug-likeness (QED) is 0.369. The van der Waals surface area contributed by atoms with Crippen molar-refractivity contribution < 1.29 is 33.0 Å². The smallest absolute Gasteiger partial charge is 0.416 e. The normalized spacial score (nSPS) is 23.1. The van der Waals surface area contributed by atoms with Crippen LogP contribution in [0.2, 0.25) is 18.1 Å². The van der Waals surface area contributed by atoms with Crippen molar-refractivity contribution in [1.29, 1.82) is 0 Å². The van der Waals surface area contributed by atoms with E-state index in [1.807, 2.05) is 51.1 Å². The molecule has 3 rings (SSSR count). The summed E-state index contributed by atoms with van der Waals surface area (Å²) in [4.78, 5) is 43.3. The van der Waals surface area contributed by atoms with E-state index in [9.17, 15) is 14.4 Å². The van der Waals surface area contributed by atoms with Crippen LogP contribution in [0, 0.1) is 5.92 Å². The van der Waals surface area contributed by atoms with Gasteiger partial charge in [0.1, 0.15) is 17.9 Å². The maximum absolute atomic E-state index is 14.1. The Hall–Kier alpha value is -2.43. The standard InChI is InChI=1S/C30H48N2O7Si/c1-20(25(33)31-22(18-36-26(31)34)17-21-15-13-12-14-16-21)24(39-40(10,11)29(5,6)7)23-19-37-30(8,9)32(23)27(35)38-28(2,3)4/h12-16,20,22-24H,17-19H2,1-11H3/t20-,22?,23?,24-/m1/s1. The number of amides is 3. The van der Waals surface area contributed by atoms with Crippen molar-refractivity contribution in [2.75, 3.05) is 13.2 Å². The van der Waals surface area contributed by atoms with Gasteiger partial charge in [-0.2, -0.15) is 0 Å². The molecule has 40 heavy (non-hydrogen) atoms. The molecule has 10 heteroatoms. The zero-order valence-electron chi connectivity index (χ0n) is 26.1. The molecule has 1 aromatic rings. The lowest BCUT2D eigenvalue weighted by Crippen LogP contribution is -2.60. The number of benzene rings is 1. The van der Waals surface area contributed by atoms with Crippen LogP contribution >= 0.6 is 0 Å². The molecule has 0 spiro atoms. The van der Waals surface area contributed by atoms with Gasteiger partial charge >= 0.3 is 12.2 Å². The molecule has 0 aromatic heterocycles. The number of carbonyl (C=O) groups excluding carboxylic acids is 3. The minimum atomic E-state index is -2.46. The lowest BCUT2D eigenvalue weighted by Gasteiger charge is -2.45. The van der Waals surface area contributed by atoms with Gasteiger partial charge in [-0.25, -0.2) is 14.5 Å². The molecule has 2 unspecified atom stereocenters. The van der Waals surface area contributed by atoms with Crippen LogP contribution in [-0.2, 0) is 29.9 Å². The second-order valence-electron chi connectivity index (χ2n) is 13.9. The van der Waals surface area contributed by atoms with E-state index in [0.29, 0.717) is 6.42 Å². The summed E-state index contributed by atoms with van der Waals surface area (Å²) in [5.41, 5.74) is -0.693. The van der Waals surface area contributed by atoms with Gasteiger partial charge in [0, 0.05) is 0 Å². The first kappa shape index (κ1) is 32.1. The van der Waals surface area contributed by atoms with E-state index in [4.69, 9.17) is 18.6 Å². The van der Waals surface area contributed by atoms with E-state index in [1.165, 1.54) is 4.90 Å². The number of hydrogen-bond donors (Lipinski definition) is 0. The highest BCUT2D eigenvalue weighted by molar-refractivity contribution is 6.74. The van der Waals surface area contributed by atoms with E-state index >= 15 is 0 Å². The molecule has 224 valence electrons. The van der Waals surface area contributed by atoms with Crippen LogP contribution in [0.25, 0.3) is 0 Å². The van der Waals surface area contributed by atoms with Gasteiger partial charge in [0.25, 0.3) is 0 Å². The van der Waals surface area contributed by atoms with Crippen molar-refractivity contribution in [3.8, 4) is 0 Å². The minimum Gasteiger partial charge on any atom is -0.447 e. The summed E-state index contributed by atoms with van der Waals surface area (Å²) < 4.78 is 24.2. The third kappa shape index (κ3) is 7.06. The molecule has 9 nitrogen and oxygen atoms in total. The number of ether oxygens (including phenoxy) is 3. The van der Waals surface area contributed by atoms with E-state index in [0.717, 1.165) is 5.56 Å². The van der Waals surface area contributed by atoms with Crippen LogP contribution in [0.5, 0.6) is 0 Å². The van der Waals surface area contributed by atoms with Gasteiger partial charge in [-0.05, 0) is 64.7 Å². The number of carbonyl (C=O) groups is 3. The maximum Gasteiger partial charge on any atom is 0.416 e. The van der Waals surface area contributed by atoms with E-state index in [-0.39, 0.29) is 24.2 Å². The minimum absolute atomic E-state index is 0.129. The summed E-state index contributed by atoms with van der Waals surface area (Å²) >= 11 is 0. The summed E-state index contributed by atoms with van der Waals surface area (Å²) in [7, 11) is -2.46. The van der Waals surface area contributed by atoms with Gasteiger partial charge in [0.15, 0.2) is 8.32 Å². The van der Waals surface area contributed by atoms with Gasteiger partial charge in [-0.3, -0.25) is 9.69 Å². The van der Waals surface area contributed by atoms with Crippen LogP contribution in [0.3, 0.4) is 0 Å². The Labute approximate surface area is 240 Å². The molecular weight excluding hydrogens is 528 g/mol. The molecule has 2 aliphatic rings. The van der Waals surface area contributed by atoms with Gasteiger partial charge in [-0.1, -0.05) is 58.0 Å². The van der Waals surface area contributed by atoms with Gasteiger partial charge < -0.3 is 18.6 Å². The average molecular weight is 577 g/mol. The van der Waals surface area contributed by atoms with Crippen LogP contribution in [0.1, 0.15) is 67.9 Å². The van der Waals surface area contributed by atoms with Crippen LogP contribution in [0.15, 0.2) is 30.3 Å². The van der Waals surface area contributed by atoms with Crippen LogP contribution in [0.4, 0.5) is 9.59 Å². The fourth-order valence-electron chi connectivity index (χ4n) is 4.90. The second kappa shape index (κ2) is 11.4. The largest absolute Gasteiger partial charge is 0.447 e. The molecule has 4 atom stereocenters. The highest BCUT2D eigenvalue weighted by atomic mass is 28.4. The van der Waals surface area contributed by atoms with Crippen molar-refractivity contribution in [2.45, 2.75) is 116 Å². The lowest BCUT2D eigenvalue weighted by atomic mass is 9.94. The first-order valence-corrected chi connectivity index (χ1v) is 17.0. The predicted octanol–water partition coefficient (Wildman–Crippen LogP) is 5.98. The zero-order chi connectivity index (χ0) is 30.3. The third-order valence-corrected chi connectivity index (χ3v) is 12.6. The molecule has 2 heterocycles. The molecule has 2 fully saturated rings. The number of hydrogen-bond acceptors (Lipinski definition) is 7. The first-order valence-electron chi connectivity index (χ1n) is 14.1. The SMILES string of the molecule is C[C@@H](C(=O)N1C(=O)OCC1Cc1ccccc1)[C@@H](O[Si](C)(C)C(C)(C)C)C1COC(C)(C)N1C(=O)OC(C)(C)C. The average Bonchev–Trinajstić information content (AvgIpc) is 3.33. The number of imide groups is 1. The zero-order valence-corrected chi connectivity index (χ0v) is 27.1. The Morgan fingerprint density at radius 2 is 1.68 bits per heavy atom. The molecule has 2 aliphatic heterocycles. The summed E-state index contributed by atoms with van der Waals surface area (Å²) in [6.45, 7) is 21.7. The van der Waals surface area contributed by atoms with E-state index in [2.05, 4.69) is 33.9 Å². The van der Waals surface area contributed by atoms with Gasteiger partial charge in [-0.15, -0.1) is 0 Å². The summed E-state index contributed by atoms with van der Waals surface area (Å²) in [6, 6.07) is 8.68. The highest BCUT2D eigenvalue weighted by Crippen LogP contribution is 2.41. The molecule has 0 radical (unpaired) electrons. The number of cyclic esters (lactones) is 1. The van der Waals surface area contributed by atoms with E-state index < -0.39 is 55.9 Å². The van der Waals surface area contributed by atoms with Crippen molar-refractivity contribution >= 4 is 26.4 Å². The Morgan fingerprint density at radius 3 is 2.23 bits per heavy atom. The molecule has 0 bridgehead atoms. The highest BCUT2D eigenvalue weighted by Gasteiger charge is 2.54. The molecule has 0 saturated carbocycles. The lowest BCUT2D eigenvalue weighted by molar-refractivity contribution is -0.137. The first-order chi connectivity index (χ1) is 18.2. The summed E-state index contributed by atoms with van der Waals surface area (Å²) in [5.74, 6) is -1.16. The molecule has 2 saturated heterocycles. The monoisotopic (exact) mass is 576 g/mol. The van der Waals surface area contributed by atoms with Crippen LogP contribution in [-0.4, -0.2) is 78.9 Å². The number of rotatable bonds is 7.